The summed E-state index contributed by atoms with van der Waals surface area (Å²) in [6.07, 6.45) is 0. The first-order valence-electron chi connectivity index (χ1n) is 6.48. The molecule has 1 aromatic carbocycles. The van der Waals surface area contributed by atoms with E-state index in [1.807, 2.05) is 17.1 Å². The Bertz CT molecular complexity index is 617. The highest BCUT2D eigenvalue weighted by molar-refractivity contribution is 5.97. The lowest BCUT2D eigenvalue weighted by molar-refractivity contribution is 0.0118. The van der Waals surface area contributed by atoms with Crippen LogP contribution in [0.15, 0.2) is 28.7 Å². The first kappa shape index (κ1) is 13.0. The molecule has 0 spiro atoms. The van der Waals surface area contributed by atoms with Crippen LogP contribution in [0.4, 0.5) is 0 Å². The van der Waals surface area contributed by atoms with Crippen molar-refractivity contribution in [2.75, 3.05) is 33.4 Å². The molecular formula is C14H16N2O4. The van der Waals surface area contributed by atoms with Gasteiger partial charge in [0.1, 0.15) is 0 Å². The number of ether oxygens (including phenoxy) is 2. The van der Waals surface area contributed by atoms with Crippen LogP contribution < -0.4 is 10.2 Å². The highest BCUT2D eigenvalue weighted by Gasteiger charge is 2.18. The zero-order valence-electron chi connectivity index (χ0n) is 11.2. The summed E-state index contributed by atoms with van der Waals surface area (Å²) in [6, 6.07) is 7.26. The predicted molar refractivity (Wildman–Crippen MR) is 72.6 cm³/mol. The number of benzene rings is 1. The van der Waals surface area contributed by atoms with Crippen molar-refractivity contribution in [3.8, 4) is 5.75 Å². The van der Waals surface area contributed by atoms with Gasteiger partial charge in [0.15, 0.2) is 17.1 Å². The Morgan fingerprint density at radius 3 is 2.90 bits per heavy atom. The summed E-state index contributed by atoms with van der Waals surface area (Å²) in [5.74, 6) is 0.633. The average molecular weight is 276 g/mol. The highest BCUT2D eigenvalue weighted by Crippen LogP contribution is 2.28. The fourth-order valence-electron chi connectivity index (χ4n) is 2.18. The van der Waals surface area contributed by atoms with Crippen molar-refractivity contribution in [3.05, 3.63) is 30.0 Å². The Hall–Kier alpha value is -2.05. The van der Waals surface area contributed by atoms with Gasteiger partial charge in [0.25, 0.3) is 0 Å². The van der Waals surface area contributed by atoms with E-state index in [4.69, 9.17) is 13.9 Å². The Kier molecular flexibility index (Phi) is 3.58. The molecule has 0 aliphatic carbocycles. The first-order valence-corrected chi connectivity index (χ1v) is 6.48. The number of carbonyl (C=O) groups is 1. The largest absolute Gasteiger partial charge is 0.493 e. The highest BCUT2D eigenvalue weighted by atomic mass is 16.5. The maximum atomic E-state index is 12.2. The molecule has 6 heteroatoms. The SMILES string of the molecule is COc1cccc2cc(C(=O)NN3CCOCC3)oc12. The van der Waals surface area contributed by atoms with Crippen molar-refractivity contribution >= 4 is 16.9 Å². The van der Waals surface area contributed by atoms with Crippen LogP contribution in [0.3, 0.4) is 0 Å². The van der Waals surface area contributed by atoms with Gasteiger partial charge in [0.2, 0.25) is 0 Å². The molecule has 0 bridgehead atoms. The van der Waals surface area contributed by atoms with Crippen LogP contribution in [0, 0.1) is 0 Å². The minimum atomic E-state index is -0.259. The number of hydrogen-bond donors (Lipinski definition) is 1. The van der Waals surface area contributed by atoms with Crippen LogP contribution in [0.25, 0.3) is 11.0 Å². The molecule has 1 amide bonds. The van der Waals surface area contributed by atoms with Crippen molar-refractivity contribution in [2.45, 2.75) is 0 Å². The van der Waals surface area contributed by atoms with E-state index in [1.54, 1.807) is 19.2 Å². The van der Waals surface area contributed by atoms with E-state index >= 15 is 0 Å². The number of morpholine rings is 1. The summed E-state index contributed by atoms with van der Waals surface area (Å²) in [4.78, 5) is 12.2. The van der Waals surface area contributed by atoms with Crippen molar-refractivity contribution in [1.82, 2.24) is 10.4 Å². The first-order chi connectivity index (χ1) is 9.78. The van der Waals surface area contributed by atoms with Crippen LogP contribution >= 0.6 is 0 Å². The number of methoxy groups -OCH3 is 1. The quantitative estimate of drug-likeness (QED) is 0.918. The fourth-order valence-corrected chi connectivity index (χ4v) is 2.18. The number of carbonyl (C=O) groups excluding carboxylic acids is 1. The molecule has 0 radical (unpaired) electrons. The van der Waals surface area contributed by atoms with E-state index in [1.165, 1.54) is 0 Å². The number of nitrogens with zero attached hydrogens (tertiary/aromatic N) is 1. The van der Waals surface area contributed by atoms with Gasteiger partial charge in [0, 0.05) is 18.5 Å². The lowest BCUT2D eigenvalue weighted by Gasteiger charge is -2.26. The maximum Gasteiger partial charge on any atom is 0.301 e. The Morgan fingerprint density at radius 2 is 2.15 bits per heavy atom. The number of hydrazine groups is 1. The van der Waals surface area contributed by atoms with Gasteiger partial charge < -0.3 is 13.9 Å². The molecule has 1 fully saturated rings. The number of rotatable bonds is 3. The molecule has 1 aromatic heterocycles. The second-order valence-electron chi connectivity index (χ2n) is 4.53. The molecule has 3 rings (SSSR count). The van der Waals surface area contributed by atoms with Crippen LogP contribution in [-0.2, 0) is 4.74 Å². The lowest BCUT2D eigenvalue weighted by atomic mass is 10.2. The van der Waals surface area contributed by atoms with Gasteiger partial charge in [-0.25, -0.2) is 5.01 Å². The van der Waals surface area contributed by atoms with E-state index in [9.17, 15) is 4.79 Å². The van der Waals surface area contributed by atoms with E-state index in [2.05, 4.69) is 5.43 Å². The molecule has 0 unspecified atom stereocenters. The van der Waals surface area contributed by atoms with Crippen LogP contribution in [-0.4, -0.2) is 44.3 Å². The Morgan fingerprint density at radius 1 is 1.35 bits per heavy atom. The predicted octanol–water partition coefficient (Wildman–Crippen LogP) is 1.42. The third-order valence-electron chi connectivity index (χ3n) is 3.22. The number of nitrogens with one attached hydrogen (secondary N) is 1. The van der Waals surface area contributed by atoms with Crippen molar-refractivity contribution in [2.24, 2.45) is 0 Å². The summed E-state index contributed by atoms with van der Waals surface area (Å²) in [5.41, 5.74) is 3.40. The molecular weight excluding hydrogens is 260 g/mol. The summed E-state index contributed by atoms with van der Waals surface area (Å²) >= 11 is 0. The van der Waals surface area contributed by atoms with Crippen LogP contribution in [0.5, 0.6) is 5.75 Å². The van der Waals surface area contributed by atoms with E-state index in [0.717, 1.165) is 5.39 Å². The standard InChI is InChI=1S/C14H16N2O4/c1-18-11-4-2-3-10-9-12(20-13(10)11)14(17)15-16-5-7-19-8-6-16/h2-4,9H,5-8H2,1H3,(H,15,17). The normalized spacial score (nSPS) is 16.2. The molecule has 0 saturated carbocycles. The van der Waals surface area contributed by atoms with Crippen molar-refractivity contribution < 1.29 is 18.7 Å². The van der Waals surface area contributed by atoms with Crippen LogP contribution in [0.1, 0.15) is 10.6 Å². The van der Waals surface area contributed by atoms with E-state index in [-0.39, 0.29) is 11.7 Å². The number of hydrogen-bond acceptors (Lipinski definition) is 5. The second-order valence-corrected chi connectivity index (χ2v) is 4.53. The number of fused-ring (bicyclic) bond motifs is 1. The number of furan rings is 1. The van der Waals surface area contributed by atoms with Gasteiger partial charge in [-0.3, -0.25) is 10.2 Å². The summed E-state index contributed by atoms with van der Waals surface area (Å²) in [6.45, 7) is 2.59. The molecule has 0 atom stereocenters. The molecule has 2 aromatic rings. The average Bonchev–Trinajstić information content (AvgIpc) is 2.92. The molecule has 20 heavy (non-hydrogen) atoms. The molecule has 1 N–H and O–H groups in total. The van der Waals surface area contributed by atoms with Gasteiger partial charge in [-0.1, -0.05) is 12.1 Å². The molecule has 1 aliphatic heterocycles. The number of amides is 1. The minimum absolute atomic E-state index is 0.259. The van der Waals surface area contributed by atoms with E-state index in [0.29, 0.717) is 37.6 Å². The summed E-state index contributed by atoms with van der Waals surface area (Å²) in [7, 11) is 1.57. The fraction of sp³-hybridized carbons (Fsp3) is 0.357. The van der Waals surface area contributed by atoms with Gasteiger partial charge in [0.05, 0.1) is 20.3 Å². The second kappa shape index (κ2) is 5.52. The minimum Gasteiger partial charge on any atom is -0.493 e. The molecule has 1 aliphatic rings. The Balaban J connectivity index is 1.80. The zero-order chi connectivity index (χ0) is 13.9. The number of para-hydroxylation sites is 1. The smallest absolute Gasteiger partial charge is 0.301 e. The van der Waals surface area contributed by atoms with Gasteiger partial charge in [-0.05, 0) is 12.1 Å². The summed E-state index contributed by atoms with van der Waals surface area (Å²) in [5, 5.41) is 2.67. The Labute approximate surface area is 116 Å². The van der Waals surface area contributed by atoms with E-state index < -0.39 is 0 Å². The van der Waals surface area contributed by atoms with Crippen molar-refractivity contribution in [1.29, 1.82) is 0 Å². The third-order valence-corrected chi connectivity index (χ3v) is 3.22. The third kappa shape index (κ3) is 2.48. The van der Waals surface area contributed by atoms with Gasteiger partial charge in [-0.15, -0.1) is 0 Å². The zero-order valence-corrected chi connectivity index (χ0v) is 11.2. The molecule has 106 valence electrons. The van der Waals surface area contributed by atoms with Gasteiger partial charge in [-0.2, -0.15) is 0 Å². The van der Waals surface area contributed by atoms with Gasteiger partial charge >= 0.3 is 5.91 Å². The maximum absolute atomic E-state index is 12.2. The molecule has 6 nitrogen and oxygen atoms in total. The van der Waals surface area contributed by atoms with Crippen LogP contribution in [0.2, 0.25) is 0 Å². The lowest BCUT2D eigenvalue weighted by Crippen LogP contribution is -2.48. The topological polar surface area (TPSA) is 63.9 Å². The monoisotopic (exact) mass is 276 g/mol. The summed E-state index contributed by atoms with van der Waals surface area (Å²) < 4.78 is 16.0. The molecule has 2 heterocycles. The molecule has 1 saturated heterocycles. The van der Waals surface area contributed by atoms with Crippen molar-refractivity contribution in [3.63, 3.8) is 0 Å².